The van der Waals surface area contributed by atoms with E-state index in [0.717, 1.165) is 0 Å². The van der Waals surface area contributed by atoms with E-state index in [2.05, 4.69) is 20.7 Å². The second-order valence-electron chi connectivity index (χ2n) is 3.49. The van der Waals surface area contributed by atoms with Crippen LogP contribution in [0.3, 0.4) is 0 Å². The van der Waals surface area contributed by atoms with E-state index < -0.39 is 19.0 Å². The van der Waals surface area contributed by atoms with Gasteiger partial charge in [-0.15, -0.1) is 0 Å². The third kappa shape index (κ3) is 4.41. The number of hydrogen-bond acceptors (Lipinski definition) is 2. The molecule has 0 bridgehead atoms. The van der Waals surface area contributed by atoms with Gasteiger partial charge in [0.1, 0.15) is 6.61 Å². The van der Waals surface area contributed by atoms with Crippen molar-refractivity contribution < 1.29 is 22.3 Å². The standard InChI is InChI=1S/C10H10BrF4NO2/c11-7-1-2-16(8(17)5-7)3-4-18-6-10(14,15)9(12)13/h1-2,5,9H,3-4,6H2. The molecule has 0 unspecified atom stereocenters. The largest absolute Gasteiger partial charge is 0.373 e. The minimum Gasteiger partial charge on any atom is -0.373 e. The summed E-state index contributed by atoms with van der Waals surface area (Å²) < 4.78 is 54.7. The van der Waals surface area contributed by atoms with Crippen LogP contribution in [0.5, 0.6) is 0 Å². The maximum atomic E-state index is 12.5. The first-order valence-corrected chi connectivity index (χ1v) is 5.72. The van der Waals surface area contributed by atoms with Gasteiger partial charge in [0, 0.05) is 23.3 Å². The Hall–Kier alpha value is -0.890. The van der Waals surface area contributed by atoms with E-state index in [-0.39, 0.29) is 18.7 Å². The molecule has 0 amide bonds. The molecule has 1 aromatic rings. The second kappa shape index (κ2) is 6.33. The number of aromatic nitrogens is 1. The SMILES string of the molecule is O=c1cc(Br)ccn1CCOCC(F)(F)C(F)F. The predicted octanol–water partition coefficient (Wildman–Crippen LogP) is 2.53. The molecular weight excluding hydrogens is 322 g/mol. The lowest BCUT2D eigenvalue weighted by Crippen LogP contribution is -2.33. The first-order chi connectivity index (χ1) is 8.33. The van der Waals surface area contributed by atoms with Crippen LogP contribution in [0, 0.1) is 0 Å². The van der Waals surface area contributed by atoms with E-state index >= 15 is 0 Å². The molecule has 0 aliphatic rings. The van der Waals surface area contributed by atoms with Gasteiger partial charge in [-0.2, -0.15) is 8.78 Å². The Kier molecular flexibility index (Phi) is 5.33. The number of rotatable bonds is 6. The fourth-order valence-electron chi connectivity index (χ4n) is 1.10. The summed E-state index contributed by atoms with van der Waals surface area (Å²) in [5.41, 5.74) is -0.339. The summed E-state index contributed by atoms with van der Waals surface area (Å²) in [6.45, 7) is -1.59. The van der Waals surface area contributed by atoms with Crippen molar-refractivity contribution in [3.05, 3.63) is 33.2 Å². The summed E-state index contributed by atoms with van der Waals surface area (Å²) in [6.07, 6.45) is -2.31. The van der Waals surface area contributed by atoms with Crippen LogP contribution in [-0.2, 0) is 11.3 Å². The molecule has 0 radical (unpaired) electrons. The average Bonchev–Trinajstić information content (AvgIpc) is 2.26. The highest BCUT2D eigenvalue weighted by Crippen LogP contribution is 2.22. The van der Waals surface area contributed by atoms with Crippen molar-refractivity contribution in [3.63, 3.8) is 0 Å². The number of alkyl halides is 4. The van der Waals surface area contributed by atoms with Crippen LogP contribution in [-0.4, -0.2) is 30.1 Å². The van der Waals surface area contributed by atoms with E-state index in [1.54, 1.807) is 6.07 Å². The third-order valence-corrected chi connectivity index (χ3v) is 2.54. The van der Waals surface area contributed by atoms with E-state index in [9.17, 15) is 22.4 Å². The highest BCUT2D eigenvalue weighted by molar-refractivity contribution is 9.10. The van der Waals surface area contributed by atoms with E-state index in [4.69, 9.17) is 0 Å². The number of nitrogens with zero attached hydrogens (tertiary/aromatic N) is 1. The van der Waals surface area contributed by atoms with Crippen molar-refractivity contribution in [2.24, 2.45) is 0 Å². The average molecular weight is 332 g/mol. The smallest absolute Gasteiger partial charge is 0.330 e. The lowest BCUT2D eigenvalue weighted by Gasteiger charge is -2.15. The molecule has 102 valence electrons. The fraction of sp³-hybridized carbons (Fsp3) is 0.500. The van der Waals surface area contributed by atoms with Gasteiger partial charge >= 0.3 is 12.3 Å². The molecule has 18 heavy (non-hydrogen) atoms. The van der Waals surface area contributed by atoms with Crippen molar-refractivity contribution in [1.82, 2.24) is 4.57 Å². The maximum Gasteiger partial charge on any atom is 0.330 e. The number of hydrogen-bond donors (Lipinski definition) is 0. The number of ether oxygens (including phenoxy) is 1. The van der Waals surface area contributed by atoms with Crippen LogP contribution in [0.2, 0.25) is 0 Å². The highest BCUT2D eigenvalue weighted by atomic mass is 79.9. The third-order valence-electron chi connectivity index (χ3n) is 2.05. The van der Waals surface area contributed by atoms with Gasteiger partial charge in [-0.1, -0.05) is 15.9 Å². The Bertz CT molecular complexity index is 450. The molecule has 0 spiro atoms. The van der Waals surface area contributed by atoms with Gasteiger partial charge in [-0.05, 0) is 6.07 Å². The molecule has 1 aromatic heterocycles. The molecular formula is C10H10BrF4NO2. The van der Waals surface area contributed by atoms with E-state index in [1.807, 2.05) is 0 Å². The van der Waals surface area contributed by atoms with E-state index in [0.29, 0.717) is 4.47 Å². The molecule has 1 heterocycles. The normalized spacial score (nSPS) is 12.1. The van der Waals surface area contributed by atoms with Crippen LogP contribution in [0.1, 0.15) is 0 Å². The molecule has 1 rings (SSSR count). The topological polar surface area (TPSA) is 31.2 Å². The van der Waals surface area contributed by atoms with Crippen LogP contribution >= 0.6 is 15.9 Å². The van der Waals surface area contributed by atoms with Gasteiger partial charge in [-0.3, -0.25) is 4.79 Å². The van der Waals surface area contributed by atoms with Gasteiger partial charge in [0.15, 0.2) is 0 Å². The van der Waals surface area contributed by atoms with Crippen LogP contribution in [0.4, 0.5) is 17.6 Å². The molecule has 0 saturated carbocycles. The van der Waals surface area contributed by atoms with Crippen molar-refractivity contribution in [3.8, 4) is 0 Å². The lowest BCUT2D eigenvalue weighted by molar-refractivity contribution is -0.166. The Morgan fingerprint density at radius 1 is 1.44 bits per heavy atom. The summed E-state index contributed by atoms with van der Waals surface area (Å²) in [5.74, 6) is -4.16. The molecule has 0 N–H and O–H groups in total. The van der Waals surface area contributed by atoms with Crippen LogP contribution < -0.4 is 5.56 Å². The molecule has 0 saturated heterocycles. The molecule has 0 aromatic carbocycles. The maximum absolute atomic E-state index is 12.5. The minimum absolute atomic E-state index is 0.0193. The summed E-state index contributed by atoms with van der Waals surface area (Å²) in [4.78, 5) is 11.3. The first kappa shape index (κ1) is 15.2. The first-order valence-electron chi connectivity index (χ1n) is 4.92. The van der Waals surface area contributed by atoms with Gasteiger partial charge in [0.05, 0.1) is 6.61 Å². The summed E-state index contributed by atoms with van der Waals surface area (Å²) in [6, 6.07) is 2.89. The van der Waals surface area contributed by atoms with Crippen molar-refractivity contribution in [2.45, 2.75) is 18.9 Å². The minimum atomic E-state index is -4.16. The van der Waals surface area contributed by atoms with Gasteiger partial charge in [0.25, 0.3) is 5.56 Å². The Morgan fingerprint density at radius 3 is 2.67 bits per heavy atom. The summed E-state index contributed by atoms with van der Waals surface area (Å²) in [5, 5.41) is 0. The monoisotopic (exact) mass is 331 g/mol. The fourth-order valence-corrected chi connectivity index (χ4v) is 1.42. The highest BCUT2D eigenvalue weighted by Gasteiger charge is 2.40. The molecule has 0 aliphatic carbocycles. The zero-order valence-corrected chi connectivity index (χ0v) is 10.7. The molecule has 3 nitrogen and oxygen atoms in total. The van der Waals surface area contributed by atoms with Crippen LogP contribution in [0.25, 0.3) is 0 Å². The number of halogens is 5. The van der Waals surface area contributed by atoms with Gasteiger partial charge in [-0.25, -0.2) is 8.78 Å². The van der Waals surface area contributed by atoms with E-state index in [1.165, 1.54) is 16.8 Å². The Morgan fingerprint density at radius 2 is 2.11 bits per heavy atom. The summed E-state index contributed by atoms with van der Waals surface area (Å²) in [7, 11) is 0. The summed E-state index contributed by atoms with van der Waals surface area (Å²) >= 11 is 3.09. The van der Waals surface area contributed by atoms with Crippen molar-refractivity contribution >= 4 is 15.9 Å². The molecule has 8 heteroatoms. The van der Waals surface area contributed by atoms with Gasteiger partial charge < -0.3 is 9.30 Å². The van der Waals surface area contributed by atoms with Crippen LogP contribution in [0.15, 0.2) is 27.6 Å². The number of pyridine rings is 1. The van der Waals surface area contributed by atoms with Crippen molar-refractivity contribution in [1.29, 1.82) is 0 Å². The molecule has 0 atom stereocenters. The predicted molar refractivity (Wildman–Crippen MR) is 60.2 cm³/mol. The lowest BCUT2D eigenvalue weighted by atomic mass is 10.4. The Labute approximate surface area is 108 Å². The second-order valence-corrected chi connectivity index (χ2v) is 4.41. The van der Waals surface area contributed by atoms with Crippen molar-refractivity contribution in [2.75, 3.05) is 13.2 Å². The quantitative estimate of drug-likeness (QED) is 0.592. The zero-order chi connectivity index (χ0) is 13.8. The molecule has 0 aliphatic heterocycles. The molecule has 0 fully saturated rings. The van der Waals surface area contributed by atoms with Gasteiger partial charge in [0.2, 0.25) is 0 Å². The Balaban J connectivity index is 2.41. The zero-order valence-electron chi connectivity index (χ0n) is 9.08.